The predicted molar refractivity (Wildman–Crippen MR) is 96.5 cm³/mol. The van der Waals surface area contributed by atoms with Crippen LogP contribution in [0, 0.1) is 0 Å². The standard InChI is InChI=1S/C20H28O4/c1-14(2)6-4-7-15(3)10-11-17-18(21)12-16(13-19(17)22)8-5-9-20(23)24/h6,10,12-13,21-22H,4-5,7-9,11H2,1-3H3,(H,23,24)/b15-10+. The average molecular weight is 332 g/mol. The van der Waals surface area contributed by atoms with Crippen LogP contribution in [0.5, 0.6) is 11.5 Å². The highest BCUT2D eigenvalue weighted by Gasteiger charge is 2.09. The van der Waals surface area contributed by atoms with Crippen molar-refractivity contribution in [3.8, 4) is 11.5 Å². The molecule has 0 aliphatic rings. The van der Waals surface area contributed by atoms with Crippen molar-refractivity contribution in [3.63, 3.8) is 0 Å². The van der Waals surface area contributed by atoms with E-state index in [1.807, 2.05) is 13.0 Å². The summed E-state index contributed by atoms with van der Waals surface area (Å²) >= 11 is 0. The van der Waals surface area contributed by atoms with Crippen molar-refractivity contribution in [2.75, 3.05) is 0 Å². The molecular weight excluding hydrogens is 304 g/mol. The van der Waals surface area contributed by atoms with Gasteiger partial charge in [-0.05, 0) is 70.6 Å². The first-order valence-corrected chi connectivity index (χ1v) is 8.34. The van der Waals surface area contributed by atoms with Crippen molar-refractivity contribution in [2.45, 2.75) is 59.3 Å². The zero-order chi connectivity index (χ0) is 18.1. The first-order valence-electron chi connectivity index (χ1n) is 8.34. The second kappa shape index (κ2) is 9.81. The van der Waals surface area contributed by atoms with Gasteiger partial charge in [-0.2, -0.15) is 0 Å². The summed E-state index contributed by atoms with van der Waals surface area (Å²) in [6.45, 7) is 6.20. The molecule has 0 fully saturated rings. The largest absolute Gasteiger partial charge is 0.508 e. The van der Waals surface area contributed by atoms with E-state index in [0.29, 0.717) is 24.8 Å². The highest BCUT2D eigenvalue weighted by molar-refractivity contribution is 5.66. The van der Waals surface area contributed by atoms with Gasteiger partial charge in [0.15, 0.2) is 0 Å². The molecule has 0 saturated heterocycles. The summed E-state index contributed by atoms with van der Waals surface area (Å²) in [5, 5.41) is 28.9. The van der Waals surface area contributed by atoms with E-state index in [9.17, 15) is 15.0 Å². The van der Waals surface area contributed by atoms with Crippen LogP contribution < -0.4 is 0 Å². The minimum Gasteiger partial charge on any atom is -0.508 e. The van der Waals surface area contributed by atoms with Crippen LogP contribution >= 0.6 is 0 Å². The third-order valence-corrected chi connectivity index (χ3v) is 3.86. The molecule has 0 atom stereocenters. The van der Waals surface area contributed by atoms with Gasteiger partial charge in [0.2, 0.25) is 0 Å². The van der Waals surface area contributed by atoms with Crippen LogP contribution in [0.4, 0.5) is 0 Å². The molecule has 0 aliphatic heterocycles. The normalized spacial score (nSPS) is 11.4. The molecule has 132 valence electrons. The number of phenolic OH excluding ortho intramolecular Hbond substituents is 2. The molecule has 0 unspecified atom stereocenters. The fourth-order valence-corrected chi connectivity index (χ4v) is 2.46. The predicted octanol–water partition coefficient (Wildman–Crippen LogP) is 4.74. The Hall–Kier alpha value is -2.23. The van der Waals surface area contributed by atoms with E-state index in [0.717, 1.165) is 18.4 Å². The fraction of sp³-hybridized carbons (Fsp3) is 0.450. The second-order valence-electron chi connectivity index (χ2n) is 6.43. The molecule has 0 amide bonds. The molecule has 0 saturated carbocycles. The topological polar surface area (TPSA) is 77.8 Å². The van der Waals surface area contributed by atoms with Gasteiger partial charge in [-0.1, -0.05) is 23.3 Å². The zero-order valence-electron chi connectivity index (χ0n) is 14.8. The van der Waals surface area contributed by atoms with Crippen LogP contribution in [0.3, 0.4) is 0 Å². The van der Waals surface area contributed by atoms with Gasteiger partial charge in [0.25, 0.3) is 0 Å². The SMILES string of the molecule is CC(C)=CCC/C(C)=C/Cc1c(O)cc(CCCC(=O)O)cc1O. The Morgan fingerprint density at radius 3 is 2.21 bits per heavy atom. The number of hydrogen-bond acceptors (Lipinski definition) is 3. The summed E-state index contributed by atoms with van der Waals surface area (Å²) < 4.78 is 0. The lowest BCUT2D eigenvalue weighted by Crippen LogP contribution is -1.96. The molecule has 24 heavy (non-hydrogen) atoms. The number of carboxylic acid groups (broad SMARTS) is 1. The minimum absolute atomic E-state index is 0.0636. The molecule has 1 rings (SSSR count). The lowest BCUT2D eigenvalue weighted by Gasteiger charge is -2.09. The number of aryl methyl sites for hydroxylation is 1. The molecule has 0 spiro atoms. The number of aliphatic carboxylic acids is 1. The van der Waals surface area contributed by atoms with E-state index in [2.05, 4.69) is 19.9 Å². The summed E-state index contributed by atoms with van der Waals surface area (Å²) in [7, 11) is 0. The summed E-state index contributed by atoms with van der Waals surface area (Å²) in [6.07, 6.45) is 7.73. The van der Waals surface area contributed by atoms with Crippen molar-refractivity contribution >= 4 is 5.97 Å². The number of hydrogen-bond donors (Lipinski definition) is 3. The Morgan fingerprint density at radius 1 is 1.04 bits per heavy atom. The van der Waals surface area contributed by atoms with E-state index >= 15 is 0 Å². The van der Waals surface area contributed by atoms with Gasteiger partial charge >= 0.3 is 5.97 Å². The van der Waals surface area contributed by atoms with E-state index in [4.69, 9.17) is 5.11 Å². The van der Waals surface area contributed by atoms with Gasteiger partial charge in [0.05, 0.1) is 0 Å². The van der Waals surface area contributed by atoms with Gasteiger partial charge in [0.1, 0.15) is 11.5 Å². The van der Waals surface area contributed by atoms with Crippen LogP contribution in [-0.2, 0) is 17.6 Å². The van der Waals surface area contributed by atoms with Gasteiger partial charge < -0.3 is 15.3 Å². The Morgan fingerprint density at radius 2 is 1.67 bits per heavy atom. The summed E-state index contributed by atoms with van der Waals surface area (Å²) in [6, 6.07) is 3.23. The molecule has 1 aromatic rings. The lowest BCUT2D eigenvalue weighted by molar-refractivity contribution is -0.137. The number of benzene rings is 1. The van der Waals surface area contributed by atoms with Gasteiger partial charge in [-0.25, -0.2) is 0 Å². The van der Waals surface area contributed by atoms with E-state index < -0.39 is 5.97 Å². The van der Waals surface area contributed by atoms with Crippen LogP contribution in [0.15, 0.2) is 35.4 Å². The number of rotatable bonds is 9. The van der Waals surface area contributed by atoms with Crippen LogP contribution in [0.25, 0.3) is 0 Å². The first kappa shape index (κ1) is 19.8. The second-order valence-corrected chi connectivity index (χ2v) is 6.43. The quantitative estimate of drug-likeness (QED) is 0.571. The number of carbonyl (C=O) groups is 1. The van der Waals surface area contributed by atoms with E-state index in [-0.39, 0.29) is 17.9 Å². The monoisotopic (exact) mass is 332 g/mol. The third kappa shape index (κ3) is 7.36. The van der Waals surface area contributed by atoms with Gasteiger partial charge in [-0.3, -0.25) is 4.79 Å². The maximum Gasteiger partial charge on any atom is 0.303 e. The number of carboxylic acids is 1. The van der Waals surface area contributed by atoms with Gasteiger partial charge in [-0.15, -0.1) is 0 Å². The Bertz CT molecular complexity index is 600. The molecule has 0 aliphatic carbocycles. The highest BCUT2D eigenvalue weighted by atomic mass is 16.4. The summed E-state index contributed by atoms with van der Waals surface area (Å²) in [5.41, 5.74) is 3.78. The van der Waals surface area contributed by atoms with Crippen molar-refractivity contribution in [1.82, 2.24) is 0 Å². The molecule has 0 radical (unpaired) electrons. The molecular formula is C20H28O4. The maximum atomic E-state index is 10.5. The lowest BCUT2D eigenvalue weighted by atomic mass is 10.0. The Balaban J connectivity index is 2.68. The minimum atomic E-state index is -0.839. The van der Waals surface area contributed by atoms with Crippen molar-refractivity contribution in [3.05, 3.63) is 46.6 Å². The Labute approximate surface area is 144 Å². The average Bonchev–Trinajstić information content (AvgIpc) is 2.45. The summed E-state index contributed by atoms with van der Waals surface area (Å²) in [5.74, 6) is -0.712. The smallest absolute Gasteiger partial charge is 0.303 e. The summed E-state index contributed by atoms with van der Waals surface area (Å²) in [4.78, 5) is 10.5. The highest BCUT2D eigenvalue weighted by Crippen LogP contribution is 2.30. The van der Waals surface area contributed by atoms with Crippen molar-refractivity contribution < 1.29 is 20.1 Å². The number of phenols is 2. The van der Waals surface area contributed by atoms with Gasteiger partial charge in [0, 0.05) is 12.0 Å². The number of allylic oxidation sites excluding steroid dienone is 4. The molecule has 1 aromatic carbocycles. The van der Waals surface area contributed by atoms with Crippen LogP contribution in [-0.4, -0.2) is 21.3 Å². The molecule has 3 N–H and O–H groups in total. The first-order chi connectivity index (χ1) is 11.3. The fourth-order valence-electron chi connectivity index (χ4n) is 2.46. The molecule has 0 bridgehead atoms. The number of aromatic hydroxyl groups is 2. The molecule has 0 aromatic heterocycles. The van der Waals surface area contributed by atoms with Crippen LogP contribution in [0.1, 0.15) is 57.6 Å². The van der Waals surface area contributed by atoms with Crippen LogP contribution in [0.2, 0.25) is 0 Å². The molecule has 4 heteroatoms. The zero-order valence-corrected chi connectivity index (χ0v) is 14.8. The van der Waals surface area contributed by atoms with E-state index in [1.54, 1.807) is 12.1 Å². The van der Waals surface area contributed by atoms with E-state index in [1.165, 1.54) is 11.1 Å². The maximum absolute atomic E-state index is 10.5. The molecule has 0 heterocycles. The molecule has 4 nitrogen and oxygen atoms in total. The van der Waals surface area contributed by atoms with Crippen molar-refractivity contribution in [2.24, 2.45) is 0 Å². The third-order valence-electron chi connectivity index (χ3n) is 3.86. The Kier molecular flexibility index (Phi) is 8.10. The van der Waals surface area contributed by atoms with Crippen molar-refractivity contribution in [1.29, 1.82) is 0 Å².